The predicted molar refractivity (Wildman–Crippen MR) is 54.4 cm³/mol. The number of fused-ring (bicyclic) bond motifs is 1. The first kappa shape index (κ1) is 8.99. The van der Waals surface area contributed by atoms with Gasteiger partial charge in [0.1, 0.15) is 0 Å². The number of hydrogen-bond donors (Lipinski definition) is 0. The van der Waals surface area contributed by atoms with Gasteiger partial charge in [-0.1, -0.05) is 6.92 Å². The SMILES string of the molecule is CCCn1ncc2cc(OC)ncc21. The van der Waals surface area contributed by atoms with Crippen LogP contribution in [0.2, 0.25) is 0 Å². The third-order valence-corrected chi connectivity index (χ3v) is 2.15. The van der Waals surface area contributed by atoms with Crippen LogP contribution in [0, 0.1) is 0 Å². The fraction of sp³-hybridized carbons (Fsp3) is 0.400. The van der Waals surface area contributed by atoms with Crippen LogP contribution in [0.1, 0.15) is 13.3 Å². The second-order valence-electron chi connectivity index (χ2n) is 3.15. The number of aryl methyl sites for hydroxylation is 1. The van der Waals surface area contributed by atoms with Crippen molar-refractivity contribution >= 4 is 10.9 Å². The van der Waals surface area contributed by atoms with E-state index in [-0.39, 0.29) is 0 Å². The summed E-state index contributed by atoms with van der Waals surface area (Å²) < 4.78 is 7.00. The van der Waals surface area contributed by atoms with Crippen molar-refractivity contribution in [3.8, 4) is 5.88 Å². The number of ether oxygens (including phenoxy) is 1. The summed E-state index contributed by atoms with van der Waals surface area (Å²) >= 11 is 0. The highest BCUT2D eigenvalue weighted by atomic mass is 16.5. The molecule has 0 aliphatic heterocycles. The molecule has 4 nitrogen and oxygen atoms in total. The standard InChI is InChI=1S/C10H13N3O/c1-3-4-13-9-7-11-10(14-2)5-8(9)6-12-13/h5-7H,3-4H2,1-2H3. The first-order chi connectivity index (χ1) is 6.85. The zero-order valence-electron chi connectivity index (χ0n) is 8.40. The highest BCUT2D eigenvalue weighted by molar-refractivity contribution is 5.78. The minimum absolute atomic E-state index is 0.633. The predicted octanol–water partition coefficient (Wildman–Crippen LogP) is 1.85. The van der Waals surface area contributed by atoms with Crippen LogP contribution in [-0.4, -0.2) is 21.9 Å². The summed E-state index contributed by atoms with van der Waals surface area (Å²) in [6.45, 7) is 3.06. The molecule has 14 heavy (non-hydrogen) atoms. The van der Waals surface area contributed by atoms with Gasteiger partial charge in [0.15, 0.2) is 0 Å². The van der Waals surface area contributed by atoms with Crippen LogP contribution in [-0.2, 0) is 6.54 Å². The molecule has 0 spiro atoms. The number of rotatable bonds is 3. The smallest absolute Gasteiger partial charge is 0.213 e. The lowest BCUT2D eigenvalue weighted by atomic mass is 10.3. The third-order valence-electron chi connectivity index (χ3n) is 2.15. The maximum Gasteiger partial charge on any atom is 0.213 e. The number of methoxy groups -OCH3 is 1. The van der Waals surface area contributed by atoms with Crippen LogP contribution < -0.4 is 4.74 Å². The van der Waals surface area contributed by atoms with Gasteiger partial charge in [0.25, 0.3) is 0 Å². The molecule has 0 saturated carbocycles. The molecule has 4 heteroatoms. The van der Waals surface area contributed by atoms with Gasteiger partial charge in [-0.3, -0.25) is 4.68 Å². The third kappa shape index (κ3) is 1.43. The largest absolute Gasteiger partial charge is 0.481 e. The summed E-state index contributed by atoms with van der Waals surface area (Å²) in [4.78, 5) is 4.16. The Labute approximate surface area is 82.5 Å². The maximum absolute atomic E-state index is 5.04. The van der Waals surface area contributed by atoms with Gasteiger partial charge >= 0.3 is 0 Å². The van der Waals surface area contributed by atoms with Crippen molar-refractivity contribution in [1.29, 1.82) is 0 Å². The molecule has 0 fully saturated rings. The van der Waals surface area contributed by atoms with Gasteiger partial charge in [-0.2, -0.15) is 5.10 Å². The van der Waals surface area contributed by atoms with Gasteiger partial charge in [0.2, 0.25) is 5.88 Å². The van der Waals surface area contributed by atoms with E-state index in [1.807, 2.05) is 16.9 Å². The molecule has 0 bridgehead atoms. The monoisotopic (exact) mass is 191 g/mol. The Morgan fingerprint density at radius 3 is 3.00 bits per heavy atom. The molecule has 0 N–H and O–H groups in total. The van der Waals surface area contributed by atoms with Crippen LogP contribution in [0.5, 0.6) is 5.88 Å². The molecule has 0 aliphatic rings. The van der Waals surface area contributed by atoms with Crippen molar-refractivity contribution < 1.29 is 4.74 Å². The van der Waals surface area contributed by atoms with Crippen LogP contribution in [0.25, 0.3) is 10.9 Å². The van der Waals surface area contributed by atoms with Crippen molar-refractivity contribution in [2.45, 2.75) is 19.9 Å². The van der Waals surface area contributed by atoms with Gasteiger partial charge < -0.3 is 4.74 Å². The van der Waals surface area contributed by atoms with Crippen molar-refractivity contribution in [3.05, 3.63) is 18.5 Å². The van der Waals surface area contributed by atoms with E-state index in [2.05, 4.69) is 17.0 Å². The lowest BCUT2D eigenvalue weighted by Crippen LogP contribution is -1.98. The van der Waals surface area contributed by atoms with Crippen molar-refractivity contribution in [1.82, 2.24) is 14.8 Å². The minimum atomic E-state index is 0.633. The lowest BCUT2D eigenvalue weighted by molar-refractivity contribution is 0.398. The Morgan fingerprint density at radius 1 is 1.43 bits per heavy atom. The molecule has 2 aromatic rings. The van der Waals surface area contributed by atoms with Gasteiger partial charge in [0.05, 0.1) is 25.0 Å². The number of nitrogens with zero attached hydrogens (tertiary/aromatic N) is 3. The Morgan fingerprint density at radius 2 is 2.29 bits per heavy atom. The van der Waals surface area contributed by atoms with E-state index in [9.17, 15) is 0 Å². The molecule has 0 unspecified atom stereocenters. The summed E-state index contributed by atoms with van der Waals surface area (Å²) in [5.41, 5.74) is 1.06. The fourth-order valence-electron chi connectivity index (χ4n) is 1.46. The zero-order valence-corrected chi connectivity index (χ0v) is 8.40. The molecule has 2 heterocycles. The van der Waals surface area contributed by atoms with Crippen LogP contribution in [0.3, 0.4) is 0 Å². The molecule has 0 amide bonds. The number of hydrogen-bond acceptors (Lipinski definition) is 3. The Hall–Kier alpha value is -1.58. The fourth-order valence-corrected chi connectivity index (χ4v) is 1.46. The second kappa shape index (κ2) is 3.65. The molecule has 0 aliphatic carbocycles. The zero-order chi connectivity index (χ0) is 9.97. The van der Waals surface area contributed by atoms with E-state index in [4.69, 9.17) is 4.74 Å². The molecule has 0 saturated heterocycles. The van der Waals surface area contributed by atoms with E-state index in [1.165, 1.54) is 0 Å². The molecular formula is C10H13N3O. The average molecular weight is 191 g/mol. The number of aromatic nitrogens is 3. The molecule has 2 aromatic heterocycles. The molecule has 0 aromatic carbocycles. The van der Waals surface area contributed by atoms with Crippen LogP contribution in [0.15, 0.2) is 18.5 Å². The van der Waals surface area contributed by atoms with Crippen molar-refractivity contribution in [2.24, 2.45) is 0 Å². The van der Waals surface area contributed by atoms with Gasteiger partial charge in [-0.25, -0.2) is 4.98 Å². The quantitative estimate of drug-likeness (QED) is 0.743. The maximum atomic E-state index is 5.04. The second-order valence-corrected chi connectivity index (χ2v) is 3.15. The van der Waals surface area contributed by atoms with Crippen LogP contribution >= 0.6 is 0 Å². The Balaban J connectivity index is 2.48. The Kier molecular flexibility index (Phi) is 2.35. The van der Waals surface area contributed by atoms with Crippen molar-refractivity contribution in [2.75, 3.05) is 7.11 Å². The van der Waals surface area contributed by atoms with Crippen LogP contribution in [0.4, 0.5) is 0 Å². The van der Waals surface area contributed by atoms with Gasteiger partial charge in [0, 0.05) is 18.0 Å². The molecule has 2 rings (SSSR count). The van der Waals surface area contributed by atoms with Gasteiger partial charge in [-0.05, 0) is 6.42 Å². The topological polar surface area (TPSA) is 39.9 Å². The highest BCUT2D eigenvalue weighted by Gasteiger charge is 2.03. The van der Waals surface area contributed by atoms with E-state index in [1.54, 1.807) is 13.3 Å². The average Bonchev–Trinajstić information content (AvgIpc) is 2.61. The van der Waals surface area contributed by atoms with E-state index in [0.717, 1.165) is 23.9 Å². The molecule has 74 valence electrons. The molecule has 0 atom stereocenters. The van der Waals surface area contributed by atoms with Gasteiger partial charge in [-0.15, -0.1) is 0 Å². The van der Waals surface area contributed by atoms with E-state index < -0.39 is 0 Å². The Bertz CT molecular complexity index is 436. The first-order valence-corrected chi connectivity index (χ1v) is 4.70. The normalized spacial score (nSPS) is 10.7. The first-order valence-electron chi connectivity index (χ1n) is 4.70. The highest BCUT2D eigenvalue weighted by Crippen LogP contribution is 2.17. The lowest BCUT2D eigenvalue weighted by Gasteiger charge is -2.01. The summed E-state index contributed by atoms with van der Waals surface area (Å²) in [6, 6.07) is 1.90. The summed E-state index contributed by atoms with van der Waals surface area (Å²) in [5, 5.41) is 5.36. The summed E-state index contributed by atoms with van der Waals surface area (Å²) in [7, 11) is 1.62. The molecule has 0 radical (unpaired) electrons. The minimum Gasteiger partial charge on any atom is -0.481 e. The van der Waals surface area contributed by atoms with Crippen molar-refractivity contribution in [3.63, 3.8) is 0 Å². The summed E-state index contributed by atoms with van der Waals surface area (Å²) in [5.74, 6) is 0.633. The molecular weight excluding hydrogens is 178 g/mol. The van der Waals surface area contributed by atoms with E-state index in [0.29, 0.717) is 5.88 Å². The summed E-state index contributed by atoms with van der Waals surface area (Å²) in [6.07, 6.45) is 4.72. The number of pyridine rings is 1. The van der Waals surface area contributed by atoms with E-state index >= 15 is 0 Å².